The number of unbranched alkanes of at least 4 members (excludes halogenated alkanes) is 8. The molecule has 0 aromatic carbocycles. The number of carbonyl (C=O) groups is 1. The highest BCUT2D eigenvalue weighted by molar-refractivity contribution is 5.75. The van der Waals surface area contributed by atoms with Crippen molar-refractivity contribution in [1.29, 1.82) is 0 Å². The third kappa shape index (κ3) is 26.6. The molecule has 0 atom stereocenters. The molecule has 0 aliphatic carbocycles. The van der Waals surface area contributed by atoms with E-state index >= 15 is 0 Å². The van der Waals surface area contributed by atoms with Gasteiger partial charge in [0.25, 0.3) is 0 Å². The topological polar surface area (TPSA) is 69.8 Å². The highest BCUT2D eigenvalue weighted by Gasteiger charge is 2.00. The maximum atomic E-state index is 11.5. The highest BCUT2D eigenvalue weighted by Crippen LogP contribution is 2.08. The van der Waals surface area contributed by atoms with Crippen molar-refractivity contribution in [3.8, 4) is 0 Å². The largest absolute Gasteiger partial charge is 0.412 e. The molecule has 0 aliphatic rings. The van der Waals surface area contributed by atoms with Crippen LogP contribution in [0, 0.1) is 0 Å². The summed E-state index contributed by atoms with van der Waals surface area (Å²) in [4.78, 5) is 11.5. The standard InChI is InChI=1S/C17H35NO2.C2H6.H2O.H2/c1-3-5-12-15-18-17(19)14-11-9-7-6-8-10-13-16-20-4-2;1-2;;/h3-16H2,1-2H3,(H,18,19);1-2H3;1H2;1H. The molecule has 0 saturated carbocycles. The van der Waals surface area contributed by atoms with Gasteiger partial charge in [-0.2, -0.15) is 0 Å². The van der Waals surface area contributed by atoms with Gasteiger partial charge >= 0.3 is 0 Å². The summed E-state index contributed by atoms with van der Waals surface area (Å²) >= 11 is 0. The molecule has 0 aromatic rings. The van der Waals surface area contributed by atoms with Crippen molar-refractivity contribution in [1.82, 2.24) is 5.32 Å². The lowest BCUT2D eigenvalue weighted by Crippen LogP contribution is -2.23. The molecule has 144 valence electrons. The quantitative estimate of drug-likeness (QED) is 0.432. The molecule has 0 bridgehead atoms. The van der Waals surface area contributed by atoms with E-state index in [0.29, 0.717) is 6.42 Å². The van der Waals surface area contributed by atoms with Crippen molar-refractivity contribution in [3.63, 3.8) is 0 Å². The maximum Gasteiger partial charge on any atom is 0.219 e. The Labute approximate surface area is 146 Å². The van der Waals surface area contributed by atoms with Gasteiger partial charge in [-0.05, 0) is 26.2 Å². The van der Waals surface area contributed by atoms with Gasteiger partial charge in [0.1, 0.15) is 0 Å². The molecule has 0 unspecified atom stereocenters. The Morgan fingerprint density at radius 2 is 1.43 bits per heavy atom. The number of ether oxygens (including phenoxy) is 1. The molecule has 23 heavy (non-hydrogen) atoms. The lowest BCUT2D eigenvalue weighted by molar-refractivity contribution is -0.121. The van der Waals surface area contributed by atoms with Crippen LogP contribution in [0.5, 0.6) is 0 Å². The van der Waals surface area contributed by atoms with E-state index in [0.717, 1.165) is 32.6 Å². The Balaban J connectivity index is -0.000000480. The lowest BCUT2D eigenvalue weighted by Gasteiger charge is -2.05. The van der Waals surface area contributed by atoms with Crippen molar-refractivity contribution in [2.24, 2.45) is 0 Å². The fourth-order valence-corrected chi connectivity index (χ4v) is 2.21. The van der Waals surface area contributed by atoms with Crippen LogP contribution in [0.15, 0.2) is 0 Å². The second-order valence-corrected chi connectivity index (χ2v) is 5.48. The Bertz CT molecular complexity index is 217. The van der Waals surface area contributed by atoms with Gasteiger partial charge < -0.3 is 15.5 Å². The predicted molar refractivity (Wildman–Crippen MR) is 103 cm³/mol. The summed E-state index contributed by atoms with van der Waals surface area (Å²) < 4.78 is 5.31. The second-order valence-electron chi connectivity index (χ2n) is 5.48. The van der Waals surface area contributed by atoms with Gasteiger partial charge in [0.2, 0.25) is 5.91 Å². The summed E-state index contributed by atoms with van der Waals surface area (Å²) in [6.45, 7) is 10.8. The van der Waals surface area contributed by atoms with Crippen LogP contribution in [0.2, 0.25) is 0 Å². The maximum absolute atomic E-state index is 11.5. The number of rotatable bonds is 15. The van der Waals surface area contributed by atoms with Crippen LogP contribution < -0.4 is 5.32 Å². The van der Waals surface area contributed by atoms with Crippen molar-refractivity contribution in [2.45, 2.75) is 98.3 Å². The summed E-state index contributed by atoms with van der Waals surface area (Å²) in [5.74, 6) is 0.234. The minimum absolute atomic E-state index is 0. The number of nitrogens with one attached hydrogen (secondary N) is 1. The van der Waals surface area contributed by atoms with E-state index < -0.39 is 0 Å². The minimum Gasteiger partial charge on any atom is -0.412 e. The monoisotopic (exact) mass is 335 g/mol. The third-order valence-electron chi connectivity index (χ3n) is 3.50. The van der Waals surface area contributed by atoms with E-state index in [2.05, 4.69) is 12.2 Å². The summed E-state index contributed by atoms with van der Waals surface area (Å²) in [6.07, 6.45) is 12.8. The van der Waals surface area contributed by atoms with Gasteiger partial charge in [-0.25, -0.2) is 0 Å². The minimum atomic E-state index is 0. The SMILES string of the molecule is CC.CCCCCNC(=O)CCCCCCCCCOCC.O.[HH]. The Hall–Kier alpha value is -0.610. The average Bonchev–Trinajstić information content (AvgIpc) is 2.55. The molecular weight excluding hydrogens is 290 g/mol. The number of carbonyl (C=O) groups excluding carboxylic acids is 1. The van der Waals surface area contributed by atoms with Crippen LogP contribution in [0.25, 0.3) is 0 Å². The molecule has 4 nitrogen and oxygen atoms in total. The molecule has 3 N–H and O–H groups in total. The first-order valence-corrected chi connectivity index (χ1v) is 9.65. The van der Waals surface area contributed by atoms with E-state index in [1.54, 1.807) is 0 Å². The van der Waals surface area contributed by atoms with Crippen LogP contribution in [0.3, 0.4) is 0 Å². The predicted octanol–water partition coefficient (Wildman–Crippen LogP) is 4.90. The van der Waals surface area contributed by atoms with Crippen LogP contribution in [-0.4, -0.2) is 31.1 Å². The fraction of sp³-hybridized carbons (Fsp3) is 0.947. The normalized spacial score (nSPS) is 9.57. The molecule has 0 saturated heterocycles. The van der Waals surface area contributed by atoms with Crippen molar-refractivity contribution < 1.29 is 16.4 Å². The number of hydrogen-bond donors (Lipinski definition) is 1. The van der Waals surface area contributed by atoms with E-state index in [4.69, 9.17) is 4.74 Å². The first-order valence-electron chi connectivity index (χ1n) is 9.65. The van der Waals surface area contributed by atoms with Crippen LogP contribution in [-0.2, 0) is 9.53 Å². The van der Waals surface area contributed by atoms with Gasteiger partial charge in [-0.3, -0.25) is 4.79 Å². The van der Waals surface area contributed by atoms with Crippen LogP contribution in [0.1, 0.15) is 99.8 Å². The molecule has 0 heterocycles. The van der Waals surface area contributed by atoms with E-state index in [1.165, 1.54) is 51.4 Å². The summed E-state index contributed by atoms with van der Waals surface area (Å²) in [6, 6.07) is 0. The van der Waals surface area contributed by atoms with Crippen LogP contribution >= 0.6 is 0 Å². The summed E-state index contributed by atoms with van der Waals surface area (Å²) in [7, 11) is 0. The first kappa shape index (κ1) is 27.2. The van der Waals surface area contributed by atoms with Crippen molar-refractivity contribution in [3.05, 3.63) is 0 Å². The first-order chi connectivity index (χ1) is 10.8. The molecule has 4 heteroatoms. The second kappa shape index (κ2) is 26.3. The van der Waals surface area contributed by atoms with Gasteiger partial charge in [0.05, 0.1) is 0 Å². The average molecular weight is 336 g/mol. The Kier molecular flexibility index (Phi) is 31.2. The molecule has 0 rings (SSSR count). The van der Waals surface area contributed by atoms with Gasteiger partial charge in [-0.15, -0.1) is 0 Å². The van der Waals surface area contributed by atoms with Crippen molar-refractivity contribution in [2.75, 3.05) is 19.8 Å². The van der Waals surface area contributed by atoms with Gasteiger partial charge in [-0.1, -0.05) is 65.7 Å². The fourth-order valence-electron chi connectivity index (χ4n) is 2.21. The van der Waals surface area contributed by atoms with Crippen LogP contribution in [0.4, 0.5) is 0 Å². The highest BCUT2D eigenvalue weighted by atomic mass is 16.5. The number of hydrogen-bond acceptors (Lipinski definition) is 2. The molecule has 0 radical (unpaired) electrons. The van der Waals surface area contributed by atoms with Gasteiger partial charge in [0.15, 0.2) is 0 Å². The molecule has 1 amide bonds. The molecule has 0 fully saturated rings. The molecular formula is C19H45NO3. The van der Waals surface area contributed by atoms with Crippen molar-refractivity contribution >= 4 is 5.91 Å². The van der Waals surface area contributed by atoms with E-state index in [9.17, 15) is 4.79 Å². The van der Waals surface area contributed by atoms with E-state index in [1.807, 2.05) is 20.8 Å². The zero-order chi connectivity index (χ0) is 16.9. The third-order valence-corrected chi connectivity index (χ3v) is 3.50. The molecule has 0 spiro atoms. The van der Waals surface area contributed by atoms with Gasteiger partial charge in [0, 0.05) is 27.6 Å². The lowest BCUT2D eigenvalue weighted by atomic mass is 10.1. The summed E-state index contributed by atoms with van der Waals surface area (Å²) in [5, 5.41) is 3.00. The number of amides is 1. The Morgan fingerprint density at radius 3 is 2.00 bits per heavy atom. The zero-order valence-corrected chi connectivity index (χ0v) is 16.2. The zero-order valence-electron chi connectivity index (χ0n) is 16.2. The Morgan fingerprint density at radius 1 is 0.870 bits per heavy atom. The molecule has 0 aliphatic heterocycles. The summed E-state index contributed by atoms with van der Waals surface area (Å²) in [5.41, 5.74) is 0. The van der Waals surface area contributed by atoms with E-state index in [-0.39, 0.29) is 12.8 Å². The molecule has 0 aromatic heterocycles. The smallest absolute Gasteiger partial charge is 0.219 e.